The van der Waals surface area contributed by atoms with Crippen LogP contribution < -0.4 is 5.32 Å². The summed E-state index contributed by atoms with van der Waals surface area (Å²) in [7, 11) is 0. The predicted molar refractivity (Wildman–Crippen MR) is 68.0 cm³/mol. The fraction of sp³-hybridized carbons (Fsp3) is 0.857. The zero-order valence-corrected chi connectivity index (χ0v) is 10.6. The third-order valence-corrected chi connectivity index (χ3v) is 3.33. The van der Waals surface area contributed by atoms with E-state index in [1.807, 2.05) is 0 Å². The topological polar surface area (TPSA) is 12.0 Å². The van der Waals surface area contributed by atoms with E-state index in [-0.39, 0.29) is 0 Å². The van der Waals surface area contributed by atoms with Crippen molar-refractivity contribution in [3.63, 3.8) is 0 Å². The molecule has 1 nitrogen and oxygen atoms in total. The van der Waals surface area contributed by atoms with Gasteiger partial charge < -0.3 is 5.32 Å². The van der Waals surface area contributed by atoms with Crippen LogP contribution in [0.15, 0.2) is 12.2 Å². The smallest absolute Gasteiger partial charge is 0.00105 e. The molecule has 1 aliphatic rings. The van der Waals surface area contributed by atoms with Crippen molar-refractivity contribution < 1.29 is 0 Å². The first kappa shape index (κ1) is 12.8. The Labute approximate surface area is 95.3 Å². The Balaban J connectivity index is 2.05. The highest BCUT2D eigenvalue weighted by Gasteiger charge is 2.15. The van der Waals surface area contributed by atoms with Crippen LogP contribution in [-0.4, -0.2) is 12.6 Å². The molecule has 0 saturated heterocycles. The minimum atomic E-state index is 0.619. The van der Waals surface area contributed by atoms with Gasteiger partial charge in [0.15, 0.2) is 0 Å². The number of nitrogens with one attached hydrogen (secondary N) is 1. The lowest BCUT2D eigenvalue weighted by molar-refractivity contribution is 0.330. The molecule has 1 aliphatic carbocycles. The van der Waals surface area contributed by atoms with E-state index in [0.29, 0.717) is 6.04 Å². The van der Waals surface area contributed by atoms with E-state index >= 15 is 0 Å². The molecule has 1 rings (SSSR count). The van der Waals surface area contributed by atoms with Crippen molar-refractivity contribution in [3.8, 4) is 0 Å². The van der Waals surface area contributed by atoms with Gasteiger partial charge in [0, 0.05) is 6.04 Å². The molecule has 0 aromatic rings. The first-order chi connectivity index (χ1) is 7.18. The molecule has 15 heavy (non-hydrogen) atoms. The normalized spacial score (nSPS) is 27.7. The highest BCUT2D eigenvalue weighted by molar-refractivity contribution is 4.91. The second kappa shape index (κ2) is 7.05. The van der Waals surface area contributed by atoms with E-state index in [2.05, 4.69) is 38.2 Å². The second-order valence-corrected chi connectivity index (χ2v) is 5.35. The number of allylic oxidation sites excluding steroid dienone is 1. The zero-order chi connectivity index (χ0) is 11.1. The summed E-state index contributed by atoms with van der Waals surface area (Å²) in [6.45, 7) is 7.91. The summed E-state index contributed by atoms with van der Waals surface area (Å²) in [5, 5.41) is 3.44. The van der Waals surface area contributed by atoms with Crippen LogP contribution in [0.3, 0.4) is 0 Å². The lowest BCUT2D eigenvalue weighted by Crippen LogP contribution is -2.23. The molecular formula is C14H27N. The van der Waals surface area contributed by atoms with Gasteiger partial charge in [-0.3, -0.25) is 0 Å². The molecule has 1 N–H and O–H groups in total. The Hall–Kier alpha value is -0.300. The van der Waals surface area contributed by atoms with Crippen molar-refractivity contribution in [1.82, 2.24) is 5.32 Å². The Bertz CT molecular complexity index is 176. The summed E-state index contributed by atoms with van der Waals surface area (Å²) in [5.74, 6) is 1.84. The van der Waals surface area contributed by atoms with Gasteiger partial charge in [0.1, 0.15) is 0 Å². The molecule has 1 heteroatoms. The third kappa shape index (κ3) is 5.99. The Morgan fingerprint density at radius 1 is 1.20 bits per heavy atom. The first-order valence-corrected chi connectivity index (χ1v) is 6.58. The van der Waals surface area contributed by atoms with Gasteiger partial charge in [-0.05, 0) is 37.6 Å². The molecule has 0 radical (unpaired) electrons. The fourth-order valence-corrected chi connectivity index (χ4v) is 2.22. The molecular weight excluding hydrogens is 182 g/mol. The van der Waals surface area contributed by atoms with Crippen LogP contribution in [0.2, 0.25) is 0 Å². The molecule has 0 spiro atoms. The maximum Gasteiger partial charge on any atom is 0.00105 e. The van der Waals surface area contributed by atoms with Crippen LogP contribution in [0.4, 0.5) is 0 Å². The molecule has 0 aromatic heterocycles. The SMILES string of the molecule is CC1CCC(C=CCCNC(C)C)CC1. The van der Waals surface area contributed by atoms with Gasteiger partial charge in [-0.25, -0.2) is 0 Å². The number of hydrogen-bond donors (Lipinski definition) is 1. The molecule has 0 aliphatic heterocycles. The molecule has 1 fully saturated rings. The predicted octanol–water partition coefficient (Wildman–Crippen LogP) is 3.76. The van der Waals surface area contributed by atoms with Crippen LogP contribution in [0, 0.1) is 11.8 Å². The first-order valence-electron chi connectivity index (χ1n) is 6.58. The van der Waals surface area contributed by atoms with Crippen molar-refractivity contribution in [2.45, 2.75) is 58.9 Å². The third-order valence-electron chi connectivity index (χ3n) is 3.33. The van der Waals surface area contributed by atoms with Crippen molar-refractivity contribution in [2.24, 2.45) is 11.8 Å². The Morgan fingerprint density at radius 3 is 2.47 bits per heavy atom. The fourth-order valence-electron chi connectivity index (χ4n) is 2.22. The standard InChI is InChI=1S/C14H27N/c1-12(2)15-11-5-4-6-14-9-7-13(3)8-10-14/h4,6,12-15H,5,7-11H2,1-3H3. The van der Waals surface area contributed by atoms with Crippen LogP contribution in [-0.2, 0) is 0 Å². The van der Waals surface area contributed by atoms with Crippen molar-refractivity contribution >= 4 is 0 Å². The molecule has 0 heterocycles. The average molecular weight is 209 g/mol. The minimum absolute atomic E-state index is 0.619. The maximum absolute atomic E-state index is 3.44. The van der Waals surface area contributed by atoms with E-state index in [4.69, 9.17) is 0 Å². The van der Waals surface area contributed by atoms with Gasteiger partial charge in [0.05, 0.1) is 0 Å². The highest BCUT2D eigenvalue weighted by atomic mass is 14.9. The Kier molecular flexibility index (Phi) is 6.00. The van der Waals surface area contributed by atoms with E-state index in [1.54, 1.807) is 0 Å². The van der Waals surface area contributed by atoms with Gasteiger partial charge in [-0.2, -0.15) is 0 Å². The van der Waals surface area contributed by atoms with E-state index in [1.165, 1.54) is 32.1 Å². The van der Waals surface area contributed by atoms with E-state index in [0.717, 1.165) is 18.4 Å². The van der Waals surface area contributed by atoms with E-state index < -0.39 is 0 Å². The van der Waals surface area contributed by atoms with Gasteiger partial charge in [0.2, 0.25) is 0 Å². The quantitative estimate of drug-likeness (QED) is 0.537. The summed E-state index contributed by atoms with van der Waals surface area (Å²) in [5.41, 5.74) is 0. The van der Waals surface area contributed by atoms with Crippen LogP contribution >= 0.6 is 0 Å². The Morgan fingerprint density at radius 2 is 1.87 bits per heavy atom. The molecule has 0 unspecified atom stereocenters. The largest absolute Gasteiger partial charge is 0.314 e. The molecule has 88 valence electrons. The summed E-state index contributed by atoms with van der Waals surface area (Å²) in [6, 6.07) is 0.619. The number of hydrogen-bond acceptors (Lipinski definition) is 1. The number of rotatable bonds is 5. The summed E-state index contributed by atoms with van der Waals surface area (Å²) < 4.78 is 0. The maximum atomic E-state index is 3.44. The van der Waals surface area contributed by atoms with Gasteiger partial charge in [-0.1, -0.05) is 45.8 Å². The molecule has 0 atom stereocenters. The average Bonchev–Trinajstić information content (AvgIpc) is 2.20. The summed E-state index contributed by atoms with van der Waals surface area (Å²) in [4.78, 5) is 0. The van der Waals surface area contributed by atoms with Crippen LogP contribution in [0.25, 0.3) is 0 Å². The van der Waals surface area contributed by atoms with Gasteiger partial charge in [-0.15, -0.1) is 0 Å². The lowest BCUT2D eigenvalue weighted by Gasteiger charge is -2.23. The van der Waals surface area contributed by atoms with Gasteiger partial charge in [0.25, 0.3) is 0 Å². The summed E-state index contributed by atoms with van der Waals surface area (Å²) in [6.07, 6.45) is 11.7. The van der Waals surface area contributed by atoms with Crippen LogP contribution in [0.5, 0.6) is 0 Å². The van der Waals surface area contributed by atoms with Gasteiger partial charge >= 0.3 is 0 Å². The zero-order valence-electron chi connectivity index (χ0n) is 10.6. The molecule has 1 saturated carbocycles. The second-order valence-electron chi connectivity index (χ2n) is 5.35. The highest BCUT2D eigenvalue weighted by Crippen LogP contribution is 2.28. The minimum Gasteiger partial charge on any atom is -0.314 e. The molecule has 0 bridgehead atoms. The van der Waals surface area contributed by atoms with Crippen LogP contribution in [0.1, 0.15) is 52.9 Å². The van der Waals surface area contributed by atoms with E-state index in [9.17, 15) is 0 Å². The summed E-state index contributed by atoms with van der Waals surface area (Å²) >= 11 is 0. The van der Waals surface area contributed by atoms with Crippen molar-refractivity contribution in [2.75, 3.05) is 6.54 Å². The molecule has 0 aromatic carbocycles. The van der Waals surface area contributed by atoms with Crippen molar-refractivity contribution in [1.29, 1.82) is 0 Å². The molecule has 0 amide bonds. The monoisotopic (exact) mass is 209 g/mol. The lowest BCUT2D eigenvalue weighted by atomic mass is 9.83. The van der Waals surface area contributed by atoms with Crippen molar-refractivity contribution in [3.05, 3.63) is 12.2 Å².